The number of ketones is 1. The molecule has 0 aromatic heterocycles. The highest BCUT2D eigenvalue weighted by Crippen LogP contribution is 2.51. The predicted molar refractivity (Wildman–Crippen MR) is 196 cm³/mol. The molecule has 1 atom stereocenters. The van der Waals surface area contributed by atoms with Crippen LogP contribution in [-0.2, 0) is 27.4 Å². The van der Waals surface area contributed by atoms with E-state index in [0.29, 0.717) is 58.6 Å². The Morgan fingerprint density at radius 1 is 0.920 bits per heavy atom. The zero-order chi connectivity index (χ0) is 35.0. The summed E-state index contributed by atoms with van der Waals surface area (Å²) in [7, 11) is 0. The third kappa shape index (κ3) is 6.60. The Balaban J connectivity index is 1.27. The van der Waals surface area contributed by atoms with E-state index in [9.17, 15) is 19.5 Å². The minimum atomic E-state index is -0.918. The van der Waals surface area contributed by atoms with Crippen molar-refractivity contribution in [2.45, 2.75) is 65.0 Å². The average molecular weight is 690 g/mol. The van der Waals surface area contributed by atoms with E-state index in [4.69, 9.17) is 16.3 Å². The van der Waals surface area contributed by atoms with Gasteiger partial charge in [-0.25, -0.2) is 0 Å². The van der Waals surface area contributed by atoms with Crippen LogP contribution in [0.5, 0.6) is 11.5 Å². The lowest BCUT2D eigenvalue weighted by Crippen LogP contribution is -2.40. The highest BCUT2D eigenvalue weighted by atomic mass is 35.5. The van der Waals surface area contributed by atoms with Crippen molar-refractivity contribution in [2.24, 2.45) is 5.41 Å². The number of aromatic hydroxyl groups is 1. The Morgan fingerprint density at radius 3 is 2.46 bits per heavy atom. The number of amides is 2. The number of hydrogen-bond donors (Lipinski definition) is 2. The molecule has 3 aliphatic rings. The van der Waals surface area contributed by atoms with Crippen LogP contribution in [0.1, 0.15) is 68.7 Å². The Labute approximate surface area is 297 Å². The Bertz CT molecular complexity index is 2010. The first-order valence-corrected chi connectivity index (χ1v) is 17.5. The van der Waals surface area contributed by atoms with E-state index in [0.717, 1.165) is 29.7 Å². The molecule has 1 aliphatic carbocycles. The summed E-state index contributed by atoms with van der Waals surface area (Å²) >= 11 is 7.06. The van der Waals surface area contributed by atoms with Crippen LogP contribution in [0.25, 0.3) is 0 Å². The number of ether oxygens (including phenoxy) is 1. The van der Waals surface area contributed by atoms with Crippen LogP contribution < -0.4 is 19.9 Å². The molecular weight excluding hydrogens is 650 g/mol. The first-order chi connectivity index (χ1) is 24.1. The first-order valence-electron chi connectivity index (χ1n) is 17.1. The van der Waals surface area contributed by atoms with Gasteiger partial charge in [0.15, 0.2) is 5.78 Å². The molecule has 8 nitrogen and oxygen atoms in total. The van der Waals surface area contributed by atoms with Gasteiger partial charge < -0.3 is 20.1 Å². The van der Waals surface area contributed by atoms with Gasteiger partial charge in [-0.05, 0) is 71.7 Å². The van der Waals surface area contributed by atoms with E-state index in [1.165, 1.54) is 0 Å². The number of phenols is 1. The van der Waals surface area contributed by atoms with Gasteiger partial charge in [-0.3, -0.25) is 19.3 Å². The number of carbonyl (C=O) groups is 3. The molecule has 0 bridgehead atoms. The zero-order valence-corrected chi connectivity index (χ0v) is 29.0. The van der Waals surface area contributed by atoms with E-state index < -0.39 is 6.04 Å². The summed E-state index contributed by atoms with van der Waals surface area (Å²) < 4.78 is 6.06. The van der Waals surface area contributed by atoms with Crippen LogP contribution in [-0.4, -0.2) is 29.2 Å². The van der Waals surface area contributed by atoms with Crippen molar-refractivity contribution >= 4 is 46.3 Å². The molecule has 50 heavy (non-hydrogen) atoms. The molecule has 256 valence electrons. The van der Waals surface area contributed by atoms with Crippen LogP contribution in [0.15, 0.2) is 102 Å². The summed E-state index contributed by atoms with van der Waals surface area (Å²) in [4.78, 5) is 45.8. The van der Waals surface area contributed by atoms with Crippen molar-refractivity contribution < 1.29 is 24.2 Å². The number of rotatable bonds is 7. The molecule has 0 fully saturated rings. The van der Waals surface area contributed by atoms with Crippen LogP contribution >= 0.6 is 11.6 Å². The number of fused-ring (bicyclic) bond motifs is 2. The predicted octanol–water partition coefficient (Wildman–Crippen LogP) is 8.53. The number of anilines is 3. The summed E-state index contributed by atoms with van der Waals surface area (Å²) in [6.07, 6.45) is 2.41. The van der Waals surface area contributed by atoms with Gasteiger partial charge in [0, 0.05) is 47.8 Å². The van der Waals surface area contributed by atoms with E-state index in [-0.39, 0.29) is 48.0 Å². The number of Topliss-reactive ketones (excluding diaryl/α,β-unsaturated/α-hetero) is 1. The second kappa shape index (κ2) is 13.7. The normalized spacial score (nSPS) is 18.0. The van der Waals surface area contributed by atoms with Crippen molar-refractivity contribution in [3.8, 4) is 11.5 Å². The van der Waals surface area contributed by atoms with E-state index >= 15 is 0 Å². The third-order valence-electron chi connectivity index (χ3n) is 9.76. The molecule has 9 heteroatoms. The van der Waals surface area contributed by atoms with E-state index in [1.54, 1.807) is 46.2 Å². The fraction of sp³-hybridized carbons (Fsp3) is 0.293. The molecular formula is C41H40ClN3O5. The number of allylic oxidation sites excluding steroid dienone is 1. The number of phenolic OH excluding ortho intramolecular Hbond substituents is 1. The standard InChI is InChI=1S/C41H40ClN3O5/c1-41(2)23-31-38(35(47)24-41)40(29-18-17-28(22-30(29)42)50-25-26-10-4-3-5-11-26)45(33-15-8-16-34(46)39(33)43-31)37(49)20-19-36(48)44-21-9-13-27-12-6-7-14-32(27)44/h3-8,10-12,14-18,22,40,43,46H,9,13,19-21,23-25H2,1-2H3. The number of halogens is 1. The number of carbonyl (C=O) groups excluding carboxylic acids is 3. The highest BCUT2D eigenvalue weighted by molar-refractivity contribution is 6.31. The summed E-state index contributed by atoms with van der Waals surface area (Å²) in [6.45, 7) is 4.99. The molecule has 2 heterocycles. The molecule has 0 radical (unpaired) electrons. The maximum atomic E-state index is 14.6. The topological polar surface area (TPSA) is 99.2 Å². The Kier molecular flexibility index (Phi) is 9.14. The number of hydrogen-bond acceptors (Lipinski definition) is 6. The fourth-order valence-electron chi connectivity index (χ4n) is 7.43. The van der Waals surface area contributed by atoms with Gasteiger partial charge in [0.05, 0.1) is 11.7 Å². The lowest BCUT2D eigenvalue weighted by atomic mass is 9.73. The second-order valence-electron chi connectivity index (χ2n) is 14.0. The van der Waals surface area contributed by atoms with Crippen molar-refractivity contribution in [1.82, 2.24) is 0 Å². The third-order valence-corrected chi connectivity index (χ3v) is 10.1. The first kappa shape index (κ1) is 33.4. The van der Waals surface area contributed by atoms with Gasteiger partial charge in [0.2, 0.25) is 11.8 Å². The van der Waals surface area contributed by atoms with Gasteiger partial charge >= 0.3 is 0 Å². The molecule has 4 aromatic carbocycles. The molecule has 2 N–H and O–H groups in total. The van der Waals surface area contributed by atoms with Gasteiger partial charge in [-0.1, -0.05) is 86.1 Å². The minimum absolute atomic E-state index is 0.0230. The van der Waals surface area contributed by atoms with E-state index in [1.807, 2.05) is 68.4 Å². The molecule has 7 rings (SSSR count). The highest BCUT2D eigenvalue weighted by Gasteiger charge is 2.44. The summed E-state index contributed by atoms with van der Waals surface area (Å²) in [5, 5.41) is 14.8. The van der Waals surface area contributed by atoms with Crippen LogP contribution in [0.4, 0.5) is 17.1 Å². The Hall–Kier alpha value is -5.08. The van der Waals surface area contributed by atoms with Gasteiger partial charge in [-0.15, -0.1) is 0 Å². The number of nitrogens with zero attached hydrogens (tertiary/aromatic N) is 2. The smallest absolute Gasteiger partial charge is 0.228 e. The number of nitrogens with one attached hydrogen (secondary N) is 1. The van der Waals surface area contributed by atoms with Crippen LogP contribution in [0.3, 0.4) is 0 Å². The fourth-order valence-corrected chi connectivity index (χ4v) is 7.71. The maximum absolute atomic E-state index is 14.6. The quantitative estimate of drug-likeness (QED) is 0.189. The van der Waals surface area contributed by atoms with Crippen LogP contribution in [0.2, 0.25) is 5.02 Å². The second-order valence-corrected chi connectivity index (χ2v) is 14.4. The van der Waals surface area contributed by atoms with E-state index in [2.05, 4.69) is 5.32 Å². The minimum Gasteiger partial charge on any atom is -0.506 e. The van der Waals surface area contributed by atoms with Crippen molar-refractivity contribution in [3.05, 3.63) is 124 Å². The van der Waals surface area contributed by atoms with Crippen molar-refractivity contribution in [1.29, 1.82) is 0 Å². The molecule has 4 aromatic rings. The molecule has 0 saturated carbocycles. The SMILES string of the molecule is CC1(C)CC(=O)C2=C(C1)Nc1c(O)cccc1N(C(=O)CCC(=O)N1CCCc3ccccc31)C2c1ccc(OCc2ccccc2)cc1Cl. The maximum Gasteiger partial charge on any atom is 0.228 e. The monoisotopic (exact) mass is 689 g/mol. The number of benzene rings is 4. The van der Waals surface area contributed by atoms with Crippen LogP contribution in [0, 0.1) is 5.41 Å². The zero-order valence-electron chi connectivity index (χ0n) is 28.2. The Morgan fingerprint density at radius 2 is 1.66 bits per heavy atom. The average Bonchev–Trinajstić information content (AvgIpc) is 3.24. The summed E-state index contributed by atoms with van der Waals surface area (Å²) in [5.41, 5.74) is 4.98. The number of para-hydroxylation sites is 2. The van der Waals surface area contributed by atoms with Crippen molar-refractivity contribution in [3.63, 3.8) is 0 Å². The van der Waals surface area contributed by atoms with Crippen molar-refractivity contribution in [2.75, 3.05) is 21.7 Å². The van der Waals surface area contributed by atoms with Gasteiger partial charge in [-0.2, -0.15) is 0 Å². The lowest BCUT2D eigenvalue weighted by Gasteiger charge is -2.37. The van der Waals surface area contributed by atoms with Gasteiger partial charge in [0.1, 0.15) is 23.8 Å². The molecule has 0 spiro atoms. The summed E-state index contributed by atoms with van der Waals surface area (Å²) in [6, 6.07) is 27.0. The molecule has 2 aliphatic heterocycles. The number of aryl methyl sites for hydroxylation is 1. The molecule has 2 amide bonds. The lowest BCUT2D eigenvalue weighted by molar-refractivity contribution is -0.124. The molecule has 1 unspecified atom stereocenters. The summed E-state index contributed by atoms with van der Waals surface area (Å²) in [5.74, 6) is -0.127. The molecule has 0 saturated heterocycles. The largest absolute Gasteiger partial charge is 0.506 e. The van der Waals surface area contributed by atoms with Gasteiger partial charge in [0.25, 0.3) is 0 Å².